The van der Waals surface area contributed by atoms with E-state index in [2.05, 4.69) is 0 Å². The Balaban J connectivity index is 3.23. The molecule has 1 aromatic rings. The number of ketones is 1. The molecule has 0 aliphatic heterocycles. The summed E-state index contributed by atoms with van der Waals surface area (Å²) in [4.78, 5) is 11.0. The molecule has 0 spiro atoms. The second-order valence-corrected chi connectivity index (χ2v) is 2.76. The van der Waals surface area contributed by atoms with Gasteiger partial charge in [-0.05, 0) is 19.1 Å². The van der Waals surface area contributed by atoms with Crippen molar-refractivity contribution >= 4 is 17.4 Å². The maximum absolute atomic E-state index is 11.0. The van der Waals surface area contributed by atoms with E-state index in [0.717, 1.165) is 0 Å². The largest absolute Gasteiger partial charge is 0.495 e. The van der Waals surface area contributed by atoms with Crippen LogP contribution in [0.4, 0.5) is 0 Å². The second kappa shape index (κ2) is 3.59. The predicted molar refractivity (Wildman–Crippen MR) is 48.0 cm³/mol. The van der Waals surface area contributed by atoms with E-state index in [4.69, 9.17) is 16.3 Å². The number of carbonyl (C=O) groups is 1. The van der Waals surface area contributed by atoms with Gasteiger partial charge in [0.2, 0.25) is 0 Å². The van der Waals surface area contributed by atoms with E-state index in [1.165, 1.54) is 14.0 Å². The molecule has 3 heteroatoms. The average molecular weight is 185 g/mol. The molecule has 0 unspecified atom stereocenters. The first-order valence-electron chi connectivity index (χ1n) is 3.50. The Morgan fingerprint density at radius 2 is 2.17 bits per heavy atom. The minimum Gasteiger partial charge on any atom is -0.495 e. The molecule has 0 N–H and O–H groups in total. The van der Waals surface area contributed by atoms with Crippen LogP contribution in [-0.2, 0) is 0 Å². The summed E-state index contributed by atoms with van der Waals surface area (Å²) in [6, 6.07) is 5.13. The molecule has 2 nitrogen and oxygen atoms in total. The summed E-state index contributed by atoms with van der Waals surface area (Å²) in [5.74, 6) is 0.475. The van der Waals surface area contributed by atoms with Crippen molar-refractivity contribution < 1.29 is 9.53 Å². The van der Waals surface area contributed by atoms with Crippen LogP contribution in [0.2, 0.25) is 5.02 Å². The zero-order chi connectivity index (χ0) is 9.14. The maximum Gasteiger partial charge on any atom is 0.161 e. The SMILES string of the molecule is COc1cccc(C(C)=O)c1Cl. The summed E-state index contributed by atoms with van der Waals surface area (Å²) in [7, 11) is 1.52. The molecule has 0 heterocycles. The smallest absolute Gasteiger partial charge is 0.161 e. The van der Waals surface area contributed by atoms with Crippen molar-refractivity contribution in [3.63, 3.8) is 0 Å². The number of carbonyl (C=O) groups excluding carboxylic acids is 1. The lowest BCUT2D eigenvalue weighted by molar-refractivity contribution is 0.101. The fourth-order valence-corrected chi connectivity index (χ4v) is 1.28. The minimum atomic E-state index is -0.0566. The maximum atomic E-state index is 11.0. The number of halogens is 1. The Morgan fingerprint density at radius 1 is 1.50 bits per heavy atom. The van der Waals surface area contributed by atoms with Gasteiger partial charge in [-0.2, -0.15) is 0 Å². The van der Waals surface area contributed by atoms with Crippen molar-refractivity contribution in [1.29, 1.82) is 0 Å². The van der Waals surface area contributed by atoms with Gasteiger partial charge >= 0.3 is 0 Å². The standard InChI is InChI=1S/C9H9ClO2/c1-6(11)7-4-3-5-8(12-2)9(7)10/h3-5H,1-2H3. The van der Waals surface area contributed by atoms with Crippen molar-refractivity contribution in [2.24, 2.45) is 0 Å². The summed E-state index contributed by atoms with van der Waals surface area (Å²) in [5, 5.41) is 0.382. The molecule has 0 aliphatic rings. The first-order chi connectivity index (χ1) is 5.66. The molecule has 0 aliphatic carbocycles. The van der Waals surface area contributed by atoms with Gasteiger partial charge in [-0.15, -0.1) is 0 Å². The number of benzene rings is 1. The summed E-state index contributed by atoms with van der Waals surface area (Å²) in [6.45, 7) is 1.47. The molecule has 1 rings (SSSR count). The molecular formula is C9H9ClO2. The van der Waals surface area contributed by atoms with E-state index in [1.807, 2.05) is 0 Å². The molecule has 0 aromatic heterocycles. The molecule has 1 aromatic carbocycles. The quantitative estimate of drug-likeness (QED) is 0.661. The van der Waals surface area contributed by atoms with Crippen LogP contribution in [0.15, 0.2) is 18.2 Å². The Bertz CT molecular complexity index is 307. The summed E-state index contributed by atoms with van der Waals surface area (Å²) in [5.41, 5.74) is 0.496. The van der Waals surface area contributed by atoms with Crippen molar-refractivity contribution in [2.75, 3.05) is 7.11 Å². The van der Waals surface area contributed by atoms with Gasteiger partial charge < -0.3 is 4.74 Å². The third kappa shape index (κ3) is 1.59. The van der Waals surface area contributed by atoms with Crippen molar-refractivity contribution in [1.82, 2.24) is 0 Å². The highest BCUT2D eigenvalue weighted by Gasteiger charge is 2.08. The molecule has 0 bridgehead atoms. The van der Waals surface area contributed by atoms with E-state index in [9.17, 15) is 4.79 Å². The fourth-order valence-electron chi connectivity index (χ4n) is 0.940. The molecule has 0 saturated carbocycles. The lowest BCUT2D eigenvalue weighted by Crippen LogP contribution is -1.95. The van der Waals surface area contributed by atoms with Crippen LogP contribution < -0.4 is 4.74 Å². The van der Waals surface area contributed by atoms with Crippen molar-refractivity contribution in [3.05, 3.63) is 28.8 Å². The van der Waals surface area contributed by atoms with Gasteiger partial charge in [0, 0.05) is 5.56 Å². The van der Waals surface area contributed by atoms with Gasteiger partial charge in [-0.3, -0.25) is 4.79 Å². The molecule has 64 valence electrons. The third-order valence-corrected chi connectivity index (χ3v) is 1.95. The van der Waals surface area contributed by atoms with Crippen molar-refractivity contribution in [3.8, 4) is 5.75 Å². The lowest BCUT2D eigenvalue weighted by Gasteiger charge is -2.04. The fraction of sp³-hybridized carbons (Fsp3) is 0.222. The van der Waals surface area contributed by atoms with Gasteiger partial charge in [-0.1, -0.05) is 17.7 Å². The van der Waals surface area contributed by atoms with E-state index >= 15 is 0 Å². The Kier molecular flexibility index (Phi) is 2.71. The van der Waals surface area contributed by atoms with Crippen LogP contribution in [0.5, 0.6) is 5.75 Å². The van der Waals surface area contributed by atoms with Crippen LogP contribution in [0.3, 0.4) is 0 Å². The number of rotatable bonds is 2. The summed E-state index contributed by atoms with van der Waals surface area (Å²) >= 11 is 5.86. The van der Waals surface area contributed by atoms with E-state index in [-0.39, 0.29) is 5.78 Å². The van der Waals surface area contributed by atoms with Crippen LogP contribution in [-0.4, -0.2) is 12.9 Å². The number of hydrogen-bond acceptors (Lipinski definition) is 2. The Morgan fingerprint density at radius 3 is 2.67 bits per heavy atom. The highest BCUT2D eigenvalue weighted by atomic mass is 35.5. The van der Waals surface area contributed by atoms with Crippen LogP contribution >= 0.6 is 11.6 Å². The summed E-state index contributed by atoms with van der Waals surface area (Å²) in [6.07, 6.45) is 0. The van der Waals surface area contributed by atoms with E-state index < -0.39 is 0 Å². The minimum absolute atomic E-state index is 0.0566. The first kappa shape index (κ1) is 9.07. The highest BCUT2D eigenvalue weighted by Crippen LogP contribution is 2.27. The normalized spacial score (nSPS) is 9.58. The molecular weight excluding hydrogens is 176 g/mol. The van der Waals surface area contributed by atoms with Gasteiger partial charge in [0.1, 0.15) is 5.75 Å². The Labute approximate surface area is 76.1 Å². The second-order valence-electron chi connectivity index (χ2n) is 2.38. The lowest BCUT2D eigenvalue weighted by atomic mass is 10.1. The summed E-state index contributed by atoms with van der Waals surface area (Å²) < 4.78 is 4.95. The molecule has 0 fully saturated rings. The topological polar surface area (TPSA) is 26.3 Å². The van der Waals surface area contributed by atoms with Crippen molar-refractivity contribution in [2.45, 2.75) is 6.92 Å². The monoisotopic (exact) mass is 184 g/mol. The molecule has 12 heavy (non-hydrogen) atoms. The van der Waals surface area contributed by atoms with Gasteiger partial charge in [0.25, 0.3) is 0 Å². The number of Topliss-reactive ketones (excluding diaryl/α,β-unsaturated/α-hetero) is 1. The molecule has 0 atom stereocenters. The average Bonchev–Trinajstić information content (AvgIpc) is 2.04. The molecule has 0 amide bonds. The zero-order valence-electron chi connectivity index (χ0n) is 6.93. The number of ether oxygens (including phenoxy) is 1. The van der Waals surface area contributed by atoms with E-state index in [0.29, 0.717) is 16.3 Å². The van der Waals surface area contributed by atoms with Crippen LogP contribution in [0.1, 0.15) is 17.3 Å². The van der Waals surface area contributed by atoms with Gasteiger partial charge in [0.15, 0.2) is 5.78 Å². The number of methoxy groups -OCH3 is 1. The van der Waals surface area contributed by atoms with Crippen LogP contribution in [0.25, 0.3) is 0 Å². The molecule has 0 saturated heterocycles. The van der Waals surface area contributed by atoms with Gasteiger partial charge in [-0.25, -0.2) is 0 Å². The highest BCUT2D eigenvalue weighted by molar-refractivity contribution is 6.35. The van der Waals surface area contributed by atoms with E-state index in [1.54, 1.807) is 18.2 Å². The first-order valence-corrected chi connectivity index (χ1v) is 3.88. The Hall–Kier alpha value is -1.02. The zero-order valence-corrected chi connectivity index (χ0v) is 7.68. The number of hydrogen-bond donors (Lipinski definition) is 0. The predicted octanol–water partition coefficient (Wildman–Crippen LogP) is 2.55. The molecule has 0 radical (unpaired) electrons. The third-order valence-electron chi connectivity index (χ3n) is 1.56. The van der Waals surface area contributed by atoms with Gasteiger partial charge in [0.05, 0.1) is 12.1 Å². The van der Waals surface area contributed by atoms with Crippen LogP contribution in [0, 0.1) is 0 Å².